The average Bonchev–Trinajstić information content (AvgIpc) is 2.47. The minimum Gasteiger partial charge on any atom is -0.354 e. The Balaban J connectivity index is 2.17. The van der Waals surface area contributed by atoms with Gasteiger partial charge in [-0.3, -0.25) is 4.98 Å². The van der Waals surface area contributed by atoms with E-state index in [1.54, 1.807) is 0 Å². The van der Waals surface area contributed by atoms with Crippen molar-refractivity contribution in [2.75, 3.05) is 11.9 Å². The van der Waals surface area contributed by atoms with E-state index in [-0.39, 0.29) is 6.04 Å². The van der Waals surface area contributed by atoms with E-state index in [4.69, 9.17) is 5.73 Å². The van der Waals surface area contributed by atoms with Crippen LogP contribution in [0.1, 0.15) is 30.3 Å². The van der Waals surface area contributed by atoms with Gasteiger partial charge >= 0.3 is 0 Å². The summed E-state index contributed by atoms with van der Waals surface area (Å²) in [4.78, 5) is 11.2. The number of hydrogen-bond donors (Lipinski definition) is 1. The molecule has 0 radical (unpaired) electrons. The third-order valence-electron chi connectivity index (χ3n) is 3.58. The lowest BCUT2D eigenvalue weighted by molar-refractivity contribution is 0.643. The van der Waals surface area contributed by atoms with Gasteiger partial charge in [-0.1, -0.05) is 19.1 Å². The highest BCUT2D eigenvalue weighted by Crippen LogP contribution is 2.19. The summed E-state index contributed by atoms with van der Waals surface area (Å²) in [6.45, 7) is 4.87. The Morgan fingerprint density at radius 3 is 2.76 bits per heavy atom. The lowest BCUT2D eigenvalue weighted by Crippen LogP contribution is -2.25. The van der Waals surface area contributed by atoms with Crippen LogP contribution in [0.2, 0.25) is 0 Å². The lowest BCUT2D eigenvalue weighted by atomic mass is 10.1. The van der Waals surface area contributed by atoms with Crippen LogP contribution in [-0.4, -0.2) is 23.1 Å². The number of aromatic nitrogens is 2. The van der Waals surface area contributed by atoms with Crippen LogP contribution in [0.25, 0.3) is 0 Å². The molecule has 4 heteroatoms. The molecule has 2 aromatic rings. The van der Waals surface area contributed by atoms with Crippen LogP contribution in [0.3, 0.4) is 0 Å². The topological polar surface area (TPSA) is 55.0 Å². The zero-order chi connectivity index (χ0) is 15.2. The molecule has 0 saturated heterocycles. The highest BCUT2D eigenvalue weighted by atomic mass is 15.2. The van der Waals surface area contributed by atoms with Crippen molar-refractivity contribution in [2.45, 2.75) is 39.3 Å². The molecule has 0 bridgehead atoms. The van der Waals surface area contributed by atoms with Gasteiger partial charge in [-0.2, -0.15) is 0 Å². The van der Waals surface area contributed by atoms with Crippen LogP contribution in [-0.2, 0) is 13.0 Å². The minimum absolute atomic E-state index is 0.179. The van der Waals surface area contributed by atoms with Crippen molar-refractivity contribution in [3.8, 4) is 0 Å². The van der Waals surface area contributed by atoms with Gasteiger partial charge in [-0.05, 0) is 43.5 Å². The van der Waals surface area contributed by atoms with Gasteiger partial charge in [0.2, 0.25) is 0 Å². The summed E-state index contributed by atoms with van der Waals surface area (Å²) < 4.78 is 0. The van der Waals surface area contributed by atoms with Crippen molar-refractivity contribution in [3.63, 3.8) is 0 Å². The fourth-order valence-corrected chi connectivity index (χ4v) is 2.37. The molecule has 0 spiro atoms. The van der Waals surface area contributed by atoms with Gasteiger partial charge in [0.25, 0.3) is 0 Å². The van der Waals surface area contributed by atoms with Gasteiger partial charge in [0.05, 0.1) is 12.2 Å². The van der Waals surface area contributed by atoms with Gasteiger partial charge < -0.3 is 10.6 Å². The van der Waals surface area contributed by atoms with E-state index >= 15 is 0 Å². The van der Waals surface area contributed by atoms with E-state index in [1.165, 1.54) is 5.56 Å². The maximum absolute atomic E-state index is 6.09. The Kier molecular flexibility index (Phi) is 5.28. The molecule has 0 amide bonds. The Bertz CT molecular complexity index is 583. The van der Waals surface area contributed by atoms with Crippen molar-refractivity contribution in [3.05, 3.63) is 53.5 Å². The van der Waals surface area contributed by atoms with Gasteiger partial charge in [-0.25, -0.2) is 4.98 Å². The summed E-state index contributed by atoms with van der Waals surface area (Å²) in [6, 6.07) is 10.4. The zero-order valence-corrected chi connectivity index (χ0v) is 13.1. The Hall–Kier alpha value is -1.94. The molecule has 0 aliphatic heterocycles. The van der Waals surface area contributed by atoms with Crippen LogP contribution in [0.15, 0.2) is 36.5 Å². The second-order valence-electron chi connectivity index (χ2n) is 5.48. The van der Waals surface area contributed by atoms with Crippen LogP contribution in [0.4, 0.5) is 5.82 Å². The Labute approximate surface area is 127 Å². The minimum atomic E-state index is 0.179. The van der Waals surface area contributed by atoms with E-state index in [2.05, 4.69) is 27.9 Å². The summed E-state index contributed by atoms with van der Waals surface area (Å²) in [6.07, 6.45) is 3.65. The molecule has 112 valence electrons. The van der Waals surface area contributed by atoms with Crippen LogP contribution < -0.4 is 10.6 Å². The van der Waals surface area contributed by atoms with Crippen molar-refractivity contribution >= 4 is 5.82 Å². The van der Waals surface area contributed by atoms with E-state index < -0.39 is 0 Å². The third-order valence-corrected chi connectivity index (χ3v) is 3.58. The normalized spacial score (nSPS) is 12.2. The van der Waals surface area contributed by atoms with Crippen molar-refractivity contribution in [1.82, 2.24) is 9.97 Å². The van der Waals surface area contributed by atoms with Crippen molar-refractivity contribution in [2.24, 2.45) is 5.73 Å². The first-order valence-corrected chi connectivity index (χ1v) is 7.43. The predicted molar refractivity (Wildman–Crippen MR) is 87.3 cm³/mol. The smallest absolute Gasteiger partial charge is 0.131 e. The summed E-state index contributed by atoms with van der Waals surface area (Å²) in [5.74, 6) is 0.990. The summed E-state index contributed by atoms with van der Waals surface area (Å²) in [5.41, 5.74) is 9.37. The van der Waals surface area contributed by atoms with Gasteiger partial charge in [0, 0.05) is 25.0 Å². The molecule has 0 aliphatic carbocycles. The second-order valence-corrected chi connectivity index (χ2v) is 5.48. The first kappa shape index (κ1) is 15.4. The fourth-order valence-electron chi connectivity index (χ4n) is 2.37. The molecular weight excluding hydrogens is 260 g/mol. The number of hydrogen-bond acceptors (Lipinski definition) is 4. The summed E-state index contributed by atoms with van der Waals surface area (Å²) in [7, 11) is 2.05. The number of nitrogens with zero attached hydrogens (tertiary/aromatic N) is 3. The number of nitrogens with two attached hydrogens (primary N) is 1. The van der Waals surface area contributed by atoms with E-state index in [1.807, 2.05) is 44.4 Å². The number of rotatable bonds is 6. The zero-order valence-electron chi connectivity index (χ0n) is 13.1. The van der Waals surface area contributed by atoms with Crippen LogP contribution >= 0.6 is 0 Å². The molecule has 1 unspecified atom stereocenters. The maximum atomic E-state index is 6.09. The predicted octanol–water partition coefficient (Wildman–Crippen LogP) is 2.70. The summed E-state index contributed by atoms with van der Waals surface area (Å²) >= 11 is 0. The Morgan fingerprint density at radius 2 is 2.05 bits per heavy atom. The molecule has 0 aliphatic rings. The monoisotopic (exact) mass is 284 g/mol. The standard InChI is InChI=1S/C17H24N4/c1-4-15(18)11-14-8-6-10-19-17(14)21(3)12-16-9-5-7-13(2)20-16/h5-10,15H,4,11-12,18H2,1-3H3. The highest BCUT2D eigenvalue weighted by Gasteiger charge is 2.12. The largest absolute Gasteiger partial charge is 0.354 e. The van der Waals surface area contributed by atoms with Gasteiger partial charge in [0.1, 0.15) is 5.82 Å². The Morgan fingerprint density at radius 1 is 1.24 bits per heavy atom. The van der Waals surface area contributed by atoms with E-state index in [0.29, 0.717) is 0 Å². The maximum Gasteiger partial charge on any atom is 0.131 e. The fraction of sp³-hybridized carbons (Fsp3) is 0.412. The molecule has 0 aromatic carbocycles. The van der Waals surface area contributed by atoms with Gasteiger partial charge in [-0.15, -0.1) is 0 Å². The highest BCUT2D eigenvalue weighted by molar-refractivity contribution is 5.46. The van der Waals surface area contributed by atoms with Crippen molar-refractivity contribution in [1.29, 1.82) is 0 Å². The van der Waals surface area contributed by atoms with Gasteiger partial charge in [0.15, 0.2) is 0 Å². The molecule has 2 N–H and O–H groups in total. The van der Waals surface area contributed by atoms with E-state index in [0.717, 1.165) is 36.6 Å². The van der Waals surface area contributed by atoms with Crippen LogP contribution in [0.5, 0.6) is 0 Å². The molecule has 0 saturated carbocycles. The molecule has 21 heavy (non-hydrogen) atoms. The molecule has 1 atom stereocenters. The first-order valence-electron chi connectivity index (χ1n) is 7.43. The average molecular weight is 284 g/mol. The van der Waals surface area contributed by atoms with Crippen molar-refractivity contribution < 1.29 is 0 Å². The molecule has 0 fully saturated rings. The molecule has 2 aromatic heterocycles. The number of aryl methyl sites for hydroxylation is 1. The summed E-state index contributed by atoms with van der Waals surface area (Å²) in [5, 5.41) is 0. The number of pyridine rings is 2. The third kappa shape index (κ3) is 4.26. The van der Waals surface area contributed by atoms with Crippen LogP contribution in [0, 0.1) is 6.92 Å². The SMILES string of the molecule is CCC(N)Cc1cccnc1N(C)Cc1cccc(C)n1. The molecule has 2 rings (SSSR count). The lowest BCUT2D eigenvalue weighted by Gasteiger charge is -2.22. The van der Waals surface area contributed by atoms with E-state index in [9.17, 15) is 0 Å². The molecule has 4 nitrogen and oxygen atoms in total. The first-order chi connectivity index (χ1) is 10.1. The molecular formula is C17H24N4. The quantitative estimate of drug-likeness (QED) is 0.886. The molecule has 2 heterocycles. The second kappa shape index (κ2) is 7.18. The number of anilines is 1.